The van der Waals surface area contributed by atoms with Gasteiger partial charge in [-0.2, -0.15) is 0 Å². The summed E-state index contributed by atoms with van der Waals surface area (Å²) in [7, 11) is 0. The Balaban J connectivity index is 1.80. The standard InChI is InChI=1S/C21H25NO2/c1-4-10-22-11-9-20-17-15-6-5-13(2)18(17)24-19(20)14(3)7-8-21(20,23)16(22)12-15/h4-6,16,19,23H,1,3,7-12H2,2H3/t16-,19+,20+,21-/m0/s1. The number of nitrogens with zero attached hydrogens (tertiary/aromatic N) is 1. The van der Waals surface area contributed by atoms with E-state index < -0.39 is 5.60 Å². The maximum absolute atomic E-state index is 12.0. The summed E-state index contributed by atoms with van der Waals surface area (Å²) in [6.07, 6.45) is 5.36. The van der Waals surface area contributed by atoms with Crippen LogP contribution in [-0.2, 0) is 11.8 Å². The van der Waals surface area contributed by atoms with E-state index in [-0.39, 0.29) is 17.6 Å². The molecular weight excluding hydrogens is 298 g/mol. The summed E-state index contributed by atoms with van der Waals surface area (Å²) in [6.45, 7) is 12.2. The molecule has 0 unspecified atom stereocenters. The summed E-state index contributed by atoms with van der Waals surface area (Å²) >= 11 is 0. The van der Waals surface area contributed by atoms with Crippen LogP contribution in [0.1, 0.15) is 36.0 Å². The van der Waals surface area contributed by atoms with Crippen LogP contribution in [0.4, 0.5) is 0 Å². The summed E-state index contributed by atoms with van der Waals surface area (Å²) in [5.74, 6) is 1.02. The second-order valence-corrected chi connectivity index (χ2v) is 8.05. The third kappa shape index (κ3) is 1.43. The number of likely N-dealkylation sites (tertiary alicyclic amines) is 1. The third-order valence-electron chi connectivity index (χ3n) is 7.10. The highest BCUT2D eigenvalue weighted by atomic mass is 16.5. The van der Waals surface area contributed by atoms with Gasteiger partial charge in [0.25, 0.3) is 0 Å². The molecule has 24 heavy (non-hydrogen) atoms. The zero-order chi connectivity index (χ0) is 16.7. The van der Waals surface area contributed by atoms with Gasteiger partial charge in [-0.15, -0.1) is 6.58 Å². The van der Waals surface area contributed by atoms with Crippen molar-refractivity contribution >= 4 is 0 Å². The monoisotopic (exact) mass is 323 g/mol. The van der Waals surface area contributed by atoms with Gasteiger partial charge in [-0.3, -0.25) is 4.90 Å². The summed E-state index contributed by atoms with van der Waals surface area (Å²) < 4.78 is 6.48. The molecule has 2 aliphatic carbocycles. The Kier molecular flexibility index (Phi) is 2.78. The molecule has 1 N–H and O–H groups in total. The molecule has 3 nitrogen and oxygen atoms in total. The van der Waals surface area contributed by atoms with Crippen molar-refractivity contribution in [3.05, 3.63) is 53.6 Å². The Bertz CT molecular complexity index is 769. The van der Waals surface area contributed by atoms with Gasteiger partial charge < -0.3 is 9.84 Å². The molecule has 1 aromatic rings. The van der Waals surface area contributed by atoms with E-state index in [2.05, 4.69) is 37.1 Å². The molecular formula is C21H25NO2. The summed E-state index contributed by atoms with van der Waals surface area (Å²) in [4.78, 5) is 2.42. The van der Waals surface area contributed by atoms with Gasteiger partial charge in [-0.25, -0.2) is 0 Å². The molecule has 1 saturated carbocycles. The van der Waals surface area contributed by atoms with Gasteiger partial charge in [0, 0.05) is 24.7 Å². The first-order chi connectivity index (χ1) is 11.5. The molecule has 4 atom stereocenters. The Morgan fingerprint density at radius 3 is 3.04 bits per heavy atom. The number of ether oxygens (including phenoxy) is 1. The fourth-order valence-corrected chi connectivity index (χ4v) is 6.07. The minimum absolute atomic E-state index is 0.0696. The lowest BCUT2D eigenvalue weighted by Gasteiger charge is -2.63. The lowest BCUT2D eigenvalue weighted by Crippen LogP contribution is -2.75. The summed E-state index contributed by atoms with van der Waals surface area (Å²) in [5, 5.41) is 12.0. The van der Waals surface area contributed by atoms with Crippen LogP contribution in [0.3, 0.4) is 0 Å². The quantitative estimate of drug-likeness (QED) is 0.850. The van der Waals surface area contributed by atoms with Crippen molar-refractivity contribution in [2.45, 2.75) is 55.8 Å². The highest BCUT2D eigenvalue weighted by Gasteiger charge is 2.71. The van der Waals surface area contributed by atoms with E-state index >= 15 is 0 Å². The van der Waals surface area contributed by atoms with Gasteiger partial charge in [0.2, 0.25) is 0 Å². The maximum atomic E-state index is 12.0. The lowest BCUT2D eigenvalue weighted by molar-refractivity contribution is -0.171. The number of hydrogen-bond donors (Lipinski definition) is 1. The summed E-state index contributed by atoms with van der Waals surface area (Å²) in [5.41, 5.74) is 3.95. The molecule has 4 aliphatic rings. The third-order valence-corrected chi connectivity index (χ3v) is 7.10. The Morgan fingerprint density at radius 1 is 1.42 bits per heavy atom. The fraction of sp³-hybridized carbons (Fsp3) is 0.524. The van der Waals surface area contributed by atoms with E-state index in [0.717, 1.165) is 50.1 Å². The molecule has 0 aromatic heterocycles. The largest absolute Gasteiger partial charge is 0.484 e. The SMILES string of the molecule is C=CCN1CC[C@@]23c4c5ccc(C)c4O[C@@H]2C(=C)CC[C@]3(O)[C@@H]1C5. The predicted octanol–water partition coefficient (Wildman–Crippen LogP) is 2.89. The Hall–Kier alpha value is -1.58. The second-order valence-electron chi connectivity index (χ2n) is 8.05. The molecule has 0 amide bonds. The van der Waals surface area contributed by atoms with Crippen molar-refractivity contribution in [2.24, 2.45) is 0 Å². The molecule has 0 radical (unpaired) electrons. The van der Waals surface area contributed by atoms with E-state index in [4.69, 9.17) is 4.74 Å². The molecule has 2 fully saturated rings. The molecule has 1 aromatic carbocycles. The smallest absolute Gasteiger partial charge is 0.132 e. The van der Waals surface area contributed by atoms with Gasteiger partial charge in [0.1, 0.15) is 11.9 Å². The van der Waals surface area contributed by atoms with Crippen LogP contribution in [0.2, 0.25) is 0 Å². The van der Waals surface area contributed by atoms with Gasteiger partial charge in [-0.1, -0.05) is 24.8 Å². The van der Waals surface area contributed by atoms with E-state index in [1.165, 1.54) is 16.7 Å². The van der Waals surface area contributed by atoms with Crippen molar-refractivity contribution in [2.75, 3.05) is 13.1 Å². The van der Waals surface area contributed by atoms with Crippen molar-refractivity contribution in [3.8, 4) is 5.75 Å². The topological polar surface area (TPSA) is 32.7 Å². The van der Waals surface area contributed by atoms with Gasteiger partial charge >= 0.3 is 0 Å². The minimum Gasteiger partial charge on any atom is -0.484 e. The summed E-state index contributed by atoms with van der Waals surface area (Å²) in [6, 6.07) is 4.57. The van der Waals surface area contributed by atoms with Crippen molar-refractivity contribution in [1.29, 1.82) is 0 Å². The van der Waals surface area contributed by atoms with Crippen LogP contribution >= 0.6 is 0 Å². The lowest BCUT2D eigenvalue weighted by atomic mass is 9.48. The molecule has 2 bridgehead atoms. The van der Waals surface area contributed by atoms with Crippen LogP contribution in [0.5, 0.6) is 5.75 Å². The number of hydrogen-bond acceptors (Lipinski definition) is 3. The van der Waals surface area contributed by atoms with Crippen LogP contribution in [-0.4, -0.2) is 40.8 Å². The highest BCUT2D eigenvalue weighted by molar-refractivity contribution is 5.61. The molecule has 126 valence electrons. The first-order valence-electron chi connectivity index (χ1n) is 9.07. The fourth-order valence-electron chi connectivity index (χ4n) is 6.07. The van der Waals surface area contributed by atoms with E-state index in [0.29, 0.717) is 0 Å². The normalized spacial score (nSPS) is 39.3. The number of aliphatic hydroxyl groups is 1. The van der Waals surface area contributed by atoms with Crippen LogP contribution in [0.15, 0.2) is 36.9 Å². The minimum atomic E-state index is -0.730. The molecule has 1 saturated heterocycles. The van der Waals surface area contributed by atoms with Crippen LogP contribution in [0, 0.1) is 6.92 Å². The van der Waals surface area contributed by atoms with Crippen molar-refractivity contribution < 1.29 is 9.84 Å². The second kappa shape index (κ2) is 4.53. The number of piperidine rings is 1. The average Bonchev–Trinajstić information content (AvgIpc) is 2.91. The van der Waals surface area contributed by atoms with Gasteiger partial charge in [-0.05, 0) is 49.3 Å². The Labute approximate surface area is 143 Å². The van der Waals surface area contributed by atoms with E-state index in [1.54, 1.807) is 0 Å². The predicted molar refractivity (Wildman–Crippen MR) is 94.5 cm³/mol. The zero-order valence-electron chi connectivity index (χ0n) is 14.3. The van der Waals surface area contributed by atoms with Crippen LogP contribution in [0.25, 0.3) is 0 Å². The average molecular weight is 323 g/mol. The molecule has 2 aliphatic heterocycles. The van der Waals surface area contributed by atoms with E-state index in [1.807, 2.05) is 6.08 Å². The van der Waals surface area contributed by atoms with Crippen molar-refractivity contribution in [1.82, 2.24) is 4.90 Å². The molecule has 1 spiro atoms. The first-order valence-corrected chi connectivity index (χ1v) is 9.07. The first kappa shape index (κ1) is 14.7. The molecule has 5 rings (SSSR count). The molecule has 3 heteroatoms. The molecule has 2 heterocycles. The maximum Gasteiger partial charge on any atom is 0.132 e. The zero-order valence-corrected chi connectivity index (χ0v) is 14.3. The number of benzene rings is 1. The Morgan fingerprint density at radius 2 is 2.25 bits per heavy atom. The van der Waals surface area contributed by atoms with E-state index in [9.17, 15) is 5.11 Å². The van der Waals surface area contributed by atoms with Crippen molar-refractivity contribution in [3.63, 3.8) is 0 Å². The van der Waals surface area contributed by atoms with Crippen LogP contribution < -0.4 is 4.74 Å². The number of aryl methyl sites for hydroxylation is 1. The van der Waals surface area contributed by atoms with Gasteiger partial charge in [0.15, 0.2) is 0 Å². The number of rotatable bonds is 2. The highest BCUT2D eigenvalue weighted by Crippen LogP contribution is 2.65. The van der Waals surface area contributed by atoms with Gasteiger partial charge in [0.05, 0.1) is 11.0 Å².